The van der Waals surface area contributed by atoms with E-state index in [1.165, 1.54) is 0 Å². The van der Waals surface area contributed by atoms with Gasteiger partial charge >= 0.3 is 5.97 Å². The highest BCUT2D eigenvalue weighted by molar-refractivity contribution is 5.69. The first kappa shape index (κ1) is 13.4. The minimum absolute atomic E-state index is 0.0368. The summed E-state index contributed by atoms with van der Waals surface area (Å²) in [5.41, 5.74) is 0. The number of rotatable bonds is 8. The number of aliphatic hydroxyl groups is 2. The number of esters is 1. The molecule has 0 aromatic heterocycles. The van der Waals surface area contributed by atoms with Gasteiger partial charge < -0.3 is 14.9 Å². The normalized spacial score (nSPS) is 12.5. The maximum Gasteiger partial charge on any atom is 0.305 e. The predicted molar refractivity (Wildman–Crippen MR) is 52.8 cm³/mol. The number of ether oxygens (including phenoxy) is 1. The van der Waals surface area contributed by atoms with Crippen molar-refractivity contribution in [2.24, 2.45) is 0 Å². The molecule has 0 saturated heterocycles. The van der Waals surface area contributed by atoms with Gasteiger partial charge in [-0.2, -0.15) is 0 Å². The van der Waals surface area contributed by atoms with E-state index in [1.807, 2.05) is 6.92 Å². The van der Waals surface area contributed by atoms with E-state index in [-0.39, 0.29) is 19.2 Å². The number of aliphatic hydroxyl groups excluding tert-OH is 2. The zero-order valence-electron chi connectivity index (χ0n) is 8.74. The molecule has 0 aliphatic rings. The topological polar surface area (TPSA) is 66.8 Å². The van der Waals surface area contributed by atoms with Gasteiger partial charge in [0.2, 0.25) is 0 Å². The summed E-state index contributed by atoms with van der Waals surface area (Å²) in [6.07, 6.45) is 2.44. The van der Waals surface area contributed by atoms with E-state index in [9.17, 15) is 9.90 Å². The lowest BCUT2D eigenvalue weighted by molar-refractivity contribution is -0.144. The second kappa shape index (κ2) is 8.97. The highest BCUT2D eigenvalue weighted by atomic mass is 16.5. The van der Waals surface area contributed by atoms with E-state index in [0.29, 0.717) is 19.3 Å². The lowest BCUT2D eigenvalue weighted by Gasteiger charge is -2.08. The lowest BCUT2D eigenvalue weighted by atomic mass is 10.2. The quantitative estimate of drug-likeness (QED) is 0.575. The SMILES string of the molecule is CCCCC(=O)OCC[C@H](O)CCO. The summed E-state index contributed by atoms with van der Waals surface area (Å²) in [7, 11) is 0. The Hall–Kier alpha value is -0.610. The summed E-state index contributed by atoms with van der Waals surface area (Å²) >= 11 is 0. The molecular formula is C10H20O4. The molecule has 0 fully saturated rings. The van der Waals surface area contributed by atoms with Crippen LogP contribution in [0.25, 0.3) is 0 Å². The fraction of sp³-hybridized carbons (Fsp3) is 0.900. The Labute approximate surface area is 84.9 Å². The molecule has 0 aliphatic heterocycles. The summed E-state index contributed by atoms with van der Waals surface area (Å²) in [6.45, 7) is 2.22. The van der Waals surface area contributed by atoms with Crippen molar-refractivity contribution in [2.75, 3.05) is 13.2 Å². The van der Waals surface area contributed by atoms with Crippen LogP contribution in [0.15, 0.2) is 0 Å². The van der Waals surface area contributed by atoms with E-state index in [0.717, 1.165) is 12.8 Å². The van der Waals surface area contributed by atoms with Crippen LogP contribution in [0.2, 0.25) is 0 Å². The molecule has 4 heteroatoms. The van der Waals surface area contributed by atoms with E-state index in [2.05, 4.69) is 0 Å². The Balaban J connectivity index is 3.30. The molecule has 0 spiro atoms. The van der Waals surface area contributed by atoms with Crippen molar-refractivity contribution in [3.8, 4) is 0 Å². The molecule has 2 N–H and O–H groups in total. The summed E-state index contributed by atoms with van der Waals surface area (Å²) in [5, 5.41) is 17.7. The van der Waals surface area contributed by atoms with E-state index < -0.39 is 6.10 Å². The first-order valence-electron chi connectivity index (χ1n) is 5.15. The van der Waals surface area contributed by atoms with Gasteiger partial charge in [-0.1, -0.05) is 13.3 Å². The van der Waals surface area contributed by atoms with Crippen LogP contribution in [0.5, 0.6) is 0 Å². The highest BCUT2D eigenvalue weighted by Gasteiger charge is 2.05. The molecule has 0 rings (SSSR count). The summed E-state index contributed by atoms with van der Waals surface area (Å²) < 4.78 is 4.88. The number of hydrogen-bond acceptors (Lipinski definition) is 4. The minimum Gasteiger partial charge on any atom is -0.466 e. The zero-order chi connectivity index (χ0) is 10.8. The lowest BCUT2D eigenvalue weighted by Crippen LogP contribution is -2.14. The molecule has 0 aromatic rings. The van der Waals surface area contributed by atoms with Crippen LogP contribution in [0.3, 0.4) is 0 Å². The number of carbonyl (C=O) groups is 1. The van der Waals surface area contributed by atoms with Crippen molar-refractivity contribution in [3.05, 3.63) is 0 Å². The number of hydrogen-bond donors (Lipinski definition) is 2. The molecule has 4 nitrogen and oxygen atoms in total. The maximum atomic E-state index is 11.0. The molecule has 0 aromatic carbocycles. The Morgan fingerprint density at radius 1 is 1.43 bits per heavy atom. The molecule has 0 unspecified atom stereocenters. The molecule has 0 saturated carbocycles. The first-order chi connectivity index (χ1) is 6.70. The van der Waals surface area contributed by atoms with Crippen molar-refractivity contribution in [1.82, 2.24) is 0 Å². The average Bonchev–Trinajstić information content (AvgIpc) is 2.15. The Kier molecular flexibility index (Phi) is 8.57. The van der Waals surface area contributed by atoms with Crippen LogP contribution in [0.4, 0.5) is 0 Å². The molecule has 1 atom stereocenters. The Morgan fingerprint density at radius 3 is 2.71 bits per heavy atom. The second-order valence-electron chi connectivity index (χ2n) is 3.28. The molecule has 0 heterocycles. The van der Waals surface area contributed by atoms with Crippen LogP contribution < -0.4 is 0 Å². The largest absolute Gasteiger partial charge is 0.466 e. The third kappa shape index (κ3) is 8.01. The third-order valence-corrected chi connectivity index (χ3v) is 1.91. The first-order valence-corrected chi connectivity index (χ1v) is 5.15. The standard InChI is InChI=1S/C10H20O4/c1-2-3-4-10(13)14-8-6-9(12)5-7-11/h9,11-12H,2-8H2,1H3/t9-/m1/s1. The van der Waals surface area contributed by atoms with Crippen molar-refractivity contribution in [1.29, 1.82) is 0 Å². The molecule has 0 radical (unpaired) electrons. The highest BCUT2D eigenvalue weighted by Crippen LogP contribution is 2.00. The zero-order valence-corrected chi connectivity index (χ0v) is 8.74. The molecule has 14 heavy (non-hydrogen) atoms. The van der Waals surface area contributed by atoms with Gasteiger partial charge in [0.15, 0.2) is 0 Å². The molecule has 84 valence electrons. The maximum absolute atomic E-state index is 11.0. The average molecular weight is 204 g/mol. The summed E-state index contributed by atoms with van der Waals surface area (Å²) in [5.74, 6) is -0.206. The van der Waals surface area contributed by atoms with Crippen molar-refractivity contribution < 1.29 is 19.7 Å². The van der Waals surface area contributed by atoms with Gasteiger partial charge in [-0.3, -0.25) is 4.79 Å². The van der Waals surface area contributed by atoms with Crippen molar-refractivity contribution >= 4 is 5.97 Å². The fourth-order valence-electron chi connectivity index (χ4n) is 0.995. The monoisotopic (exact) mass is 204 g/mol. The van der Waals surface area contributed by atoms with Gasteiger partial charge in [0.25, 0.3) is 0 Å². The summed E-state index contributed by atoms with van der Waals surface area (Å²) in [4.78, 5) is 11.0. The van der Waals surface area contributed by atoms with Crippen molar-refractivity contribution in [3.63, 3.8) is 0 Å². The van der Waals surface area contributed by atoms with Crippen LogP contribution in [0.1, 0.15) is 39.0 Å². The predicted octanol–water partition coefficient (Wildman–Crippen LogP) is 0.853. The van der Waals surface area contributed by atoms with Gasteiger partial charge in [0, 0.05) is 19.4 Å². The molecular weight excluding hydrogens is 184 g/mol. The van der Waals surface area contributed by atoms with Crippen LogP contribution >= 0.6 is 0 Å². The van der Waals surface area contributed by atoms with Crippen molar-refractivity contribution in [2.45, 2.75) is 45.1 Å². The number of unbranched alkanes of at least 4 members (excludes halogenated alkanes) is 1. The summed E-state index contributed by atoms with van der Waals surface area (Å²) in [6, 6.07) is 0. The van der Waals surface area contributed by atoms with Crippen LogP contribution in [0, 0.1) is 0 Å². The number of carbonyl (C=O) groups excluding carboxylic acids is 1. The van der Waals surface area contributed by atoms with Gasteiger partial charge in [0.1, 0.15) is 0 Å². The van der Waals surface area contributed by atoms with Gasteiger partial charge in [-0.05, 0) is 12.8 Å². The smallest absolute Gasteiger partial charge is 0.305 e. The van der Waals surface area contributed by atoms with Crippen LogP contribution in [-0.4, -0.2) is 35.5 Å². The second-order valence-corrected chi connectivity index (χ2v) is 3.28. The van der Waals surface area contributed by atoms with E-state index in [1.54, 1.807) is 0 Å². The Bertz CT molecular complexity index is 147. The van der Waals surface area contributed by atoms with E-state index in [4.69, 9.17) is 9.84 Å². The third-order valence-electron chi connectivity index (χ3n) is 1.91. The van der Waals surface area contributed by atoms with Gasteiger partial charge in [0.05, 0.1) is 12.7 Å². The Morgan fingerprint density at radius 2 is 2.14 bits per heavy atom. The molecule has 0 amide bonds. The van der Waals surface area contributed by atoms with E-state index >= 15 is 0 Å². The van der Waals surface area contributed by atoms with Crippen LogP contribution in [-0.2, 0) is 9.53 Å². The molecule has 0 aliphatic carbocycles. The fourth-order valence-corrected chi connectivity index (χ4v) is 0.995. The van der Waals surface area contributed by atoms with Gasteiger partial charge in [-0.25, -0.2) is 0 Å². The van der Waals surface area contributed by atoms with Gasteiger partial charge in [-0.15, -0.1) is 0 Å². The molecule has 0 bridgehead atoms. The minimum atomic E-state index is -0.570.